The first kappa shape index (κ1) is 24.4. The molecule has 2 aliphatic rings. The topological polar surface area (TPSA) is 30.0 Å². The van der Waals surface area contributed by atoms with E-state index in [9.17, 15) is 4.79 Å². The van der Waals surface area contributed by atoms with Gasteiger partial charge in [0, 0.05) is 26.2 Å². The highest BCUT2D eigenvalue weighted by Crippen LogP contribution is 2.45. The van der Waals surface area contributed by atoms with Gasteiger partial charge in [-0.3, -0.25) is 9.69 Å². The number of amides is 1. The summed E-state index contributed by atoms with van der Waals surface area (Å²) >= 11 is 19.4. The maximum absolute atomic E-state index is 12.6. The summed E-state index contributed by atoms with van der Waals surface area (Å²) in [5.74, 6) is 0.971. The zero-order valence-electron chi connectivity index (χ0n) is 18.3. The Morgan fingerprint density at radius 1 is 0.968 bits per heavy atom. The van der Waals surface area contributed by atoms with Crippen LogP contribution in [-0.2, 0) is 4.79 Å². The van der Waals surface area contributed by atoms with E-state index in [0.29, 0.717) is 25.8 Å². The zero-order valence-corrected chi connectivity index (χ0v) is 21.5. The Kier molecular flexibility index (Phi) is 8.32. The Morgan fingerprint density at radius 3 is 2.06 bits per heavy atom. The molecule has 5 nitrogen and oxygen atoms in total. The van der Waals surface area contributed by atoms with E-state index >= 15 is 0 Å². The third-order valence-corrected chi connectivity index (χ3v) is 7.69. The molecule has 2 heterocycles. The van der Waals surface area contributed by atoms with Gasteiger partial charge in [-0.1, -0.05) is 61.0 Å². The third-order valence-electron chi connectivity index (χ3n) is 5.58. The molecule has 0 aromatic heterocycles. The fourth-order valence-electron chi connectivity index (χ4n) is 3.82. The summed E-state index contributed by atoms with van der Waals surface area (Å²) < 4.78 is 0.608. The molecule has 9 heteroatoms. The highest BCUT2D eigenvalue weighted by molar-refractivity contribution is 8.26. The van der Waals surface area contributed by atoms with Gasteiger partial charge in [0.15, 0.2) is 0 Å². The molecule has 31 heavy (non-hydrogen) atoms. The Morgan fingerprint density at radius 2 is 1.55 bits per heavy atom. The fourth-order valence-corrected chi connectivity index (χ4v) is 5.46. The van der Waals surface area contributed by atoms with Crippen LogP contribution in [0.1, 0.15) is 27.7 Å². The molecule has 2 aliphatic heterocycles. The molecule has 1 aromatic rings. The Balaban J connectivity index is 2.01. The number of hydrogen-bond acceptors (Lipinski definition) is 6. The lowest BCUT2D eigenvalue weighted by atomic mass is 10.2. The van der Waals surface area contributed by atoms with E-state index in [4.69, 9.17) is 35.4 Å². The van der Waals surface area contributed by atoms with E-state index in [0.717, 1.165) is 49.9 Å². The van der Waals surface area contributed by atoms with Gasteiger partial charge in [-0.15, -0.1) is 0 Å². The van der Waals surface area contributed by atoms with Crippen LogP contribution in [0.5, 0.6) is 0 Å². The largest absolute Gasteiger partial charge is 0.326 e. The number of allylic oxidation sites excluding steroid dienone is 2. The van der Waals surface area contributed by atoms with Gasteiger partial charge >= 0.3 is 0 Å². The van der Waals surface area contributed by atoms with Crippen LogP contribution in [0.3, 0.4) is 0 Å². The lowest BCUT2D eigenvalue weighted by Gasteiger charge is -2.27. The van der Waals surface area contributed by atoms with Crippen LogP contribution in [0, 0.1) is 0 Å². The maximum atomic E-state index is 12.6. The van der Waals surface area contributed by atoms with Gasteiger partial charge in [-0.2, -0.15) is 0 Å². The first-order chi connectivity index (χ1) is 14.9. The van der Waals surface area contributed by atoms with Crippen LogP contribution < -0.4 is 9.80 Å². The van der Waals surface area contributed by atoms with Crippen molar-refractivity contribution in [1.29, 1.82) is 0 Å². The van der Waals surface area contributed by atoms with E-state index in [1.165, 1.54) is 11.8 Å². The van der Waals surface area contributed by atoms with Crippen molar-refractivity contribution in [3.05, 3.63) is 45.1 Å². The van der Waals surface area contributed by atoms with Crippen LogP contribution in [0.15, 0.2) is 35.0 Å². The second-order valence-corrected chi connectivity index (χ2v) is 9.64. The number of thioether (sulfide) groups is 1. The van der Waals surface area contributed by atoms with E-state index in [1.54, 1.807) is 4.90 Å². The number of rotatable bonds is 8. The Labute approximate surface area is 204 Å². The predicted octanol–water partition coefficient (Wildman–Crippen LogP) is 5.59. The minimum absolute atomic E-state index is 0.0336. The zero-order chi connectivity index (χ0) is 22.7. The second kappa shape index (κ2) is 10.6. The number of benzene rings is 1. The molecule has 0 N–H and O–H groups in total. The predicted molar refractivity (Wildman–Crippen MR) is 138 cm³/mol. The fraction of sp³-hybridized carbons (Fsp3) is 0.455. The monoisotopic (exact) mass is 498 g/mol. The standard InChI is InChI=1S/C22H28Cl2N4OS2/c1-5-25(6-2)11-12-28-18-14-16(24)15(23)13-17(18)26(7-3)20(28)10-9-19-21(29)27(8-4)22(30)31-19/h9-10,13-14H,5-8,11-12H2,1-4H3/b19-9+,20-10-. The van der Waals surface area contributed by atoms with Crippen LogP contribution in [0.25, 0.3) is 0 Å². The normalized spacial score (nSPS) is 19.0. The molecule has 1 amide bonds. The number of halogens is 2. The third kappa shape index (κ3) is 4.91. The van der Waals surface area contributed by atoms with Crippen LogP contribution in [0.2, 0.25) is 10.0 Å². The highest BCUT2D eigenvalue weighted by atomic mass is 35.5. The average molecular weight is 500 g/mol. The van der Waals surface area contributed by atoms with Gasteiger partial charge < -0.3 is 14.7 Å². The number of nitrogens with zero attached hydrogens (tertiary/aromatic N) is 4. The molecule has 0 radical (unpaired) electrons. The van der Waals surface area contributed by atoms with Crippen molar-refractivity contribution in [3.63, 3.8) is 0 Å². The van der Waals surface area contributed by atoms with Gasteiger partial charge in [0.2, 0.25) is 0 Å². The van der Waals surface area contributed by atoms with E-state index in [2.05, 4.69) is 35.5 Å². The van der Waals surface area contributed by atoms with Crippen molar-refractivity contribution < 1.29 is 4.79 Å². The summed E-state index contributed by atoms with van der Waals surface area (Å²) in [6.45, 7) is 13.4. The molecule has 1 fully saturated rings. The molecule has 0 bridgehead atoms. The van der Waals surface area contributed by atoms with Gasteiger partial charge in [0.05, 0.1) is 26.3 Å². The van der Waals surface area contributed by atoms with Crippen molar-refractivity contribution in [2.45, 2.75) is 27.7 Å². The van der Waals surface area contributed by atoms with Crippen LogP contribution >= 0.6 is 47.2 Å². The molecule has 1 aromatic carbocycles. The number of likely N-dealkylation sites (N-methyl/N-ethyl adjacent to an activating group) is 2. The van der Waals surface area contributed by atoms with Gasteiger partial charge in [0.1, 0.15) is 10.1 Å². The molecule has 3 rings (SSSR count). The molecule has 1 saturated heterocycles. The molecular weight excluding hydrogens is 471 g/mol. The number of fused-ring (bicyclic) bond motifs is 1. The van der Waals surface area contributed by atoms with Crippen molar-refractivity contribution in [1.82, 2.24) is 9.80 Å². The Hall–Kier alpha value is -1.25. The second-order valence-electron chi connectivity index (χ2n) is 7.15. The lowest BCUT2D eigenvalue weighted by molar-refractivity contribution is -0.122. The molecule has 0 spiro atoms. The average Bonchev–Trinajstić information content (AvgIpc) is 3.19. The minimum Gasteiger partial charge on any atom is -0.326 e. The van der Waals surface area contributed by atoms with Crippen molar-refractivity contribution >= 4 is 68.8 Å². The van der Waals surface area contributed by atoms with Crippen molar-refractivity contribution in [2.75, 3.05) is 49.1 Å². The highest BCUT2D eigenvalue weighted by Gasteiger charge is 2.33. The first-order valence-corrected chi connectivity index (χ1v) is 12.6. The Bertz CT molecular complexity index is 930. The summed E-state index contributed by atoms with van der Waals surface area (Å²) in [5, 5.41) is 1.07. The molecule has 0 saturated carbocycles. The van der Waals surface area contributed by atoms with E-state index < -0.39 is 0 Å². The smallest absolute Gasteiger partial charge is 0.266 e. The molecular formula is C22H28Cl2N4OS2. The number of thiocarbonyl (C=S) groups is 1. The molecule has 168 valence electrons. The maximum Gasteiger partial charge on any atom is 0.266 e. The minimum atomic E-state index is -0.0336. The van der Waals surface area contributed by atoms with Crippen LogP contribution in [-0.4, -0.2) is 59.3 Å². The van der Waals surface area contributed by atoms with E-state index in [-0.39, 0.29) is 5.91 Å². The summed E-state index contributed by atoms with van der Waals surface area (Å²) in [5.41, 5.74) is 2.06. The quantitative estimate of drug-likeness (QED) is 0.343. The van der Waals surface area contributed by atoms with Crippen LogP contribution in [0.4, 0.5) is 11.4 Å². The van der Waals surface area contributed by atoms with E-state index in [1.807, 2.05) is 31.2 Å². The van der Waals surface area contributed by atoms with Gasteiger partial charge in [-0.25, -0.2) is 0 Å². The first-order valence-electron chi connectivity index (χ1n) is 10.6. The van der Waals surface area contributed by atoms with Gasteiger partial charge in [0.25, 0.3) is 5.91 Å². The van der Waals surface area contributed by atoms with Gasteiger partial charge in [-0.05, 0) is 51.2 Å². The lowest BCUT2D eigenvalue weighted by Crippen LogP contribution is -2.36. The van der Waals surface area contributed by atoms with Crippen molar-refractivity contribution in [3.8, 4) is 0 Å². The number of hydrogen-bond donors (Lipinski definition) is 0. The SMILES string of the molecule is CCN(CC)CCN1/C(=C\C=C2\SC(=S)N(CC)C2=O)N(CC)c2cc(Cl)c(Cl)cc21. The summed E-state index contributed by atoms with van der Waals surface area (Å²) in [6, 6.07) is 3.85. The molecule has 0 unspecified atom stereocenters. The molecule has 0 atom stereocenters. The number of carbonyl (C=O) groups excluding carboxylic acids is 1. The summed E-state index contributed by atoms with van der Waals surface area (Å²) in [7, 11) is 0. The molecule has 0 aliphatic carbocycles. The van der Waals surface area contributed by atoms with Crippen molar-refractivity contribution in [2.24, 2.45) is 0 Å². The number of carbonyl (C=O) groups is 1. The summed E-state index contributed by atoms with van der Waals surface area (Å²) in [6.07, 6.45) is 3.89. The number of anilines is 2. The summed E-state index contributed by atoms with van der Waals surface area (Å²) in [4.78, 5) is 21.8.